The second-order valence-corrected chi connectivity index (χ2v) is 5.89. The van der Waals surface area contributed by atoms with Crippen LogP contribution in [0.3, 0.4) is 0 Å². The van der Waals surface area contributed by atoms with Crippen LogP contribution >= 0.6 is 0 Å². The van der Waals surface area contributed by atoms with Crippen LogP contribution in [0, 0.1) is 17.1 Å². The lowest BCUT2D eigenvalue weighted by Crippen LogP contribution is -2.29. The molecule has 0 radical (unpaired) electrons. The van der Waals surface area contributed by atoms with E-state index in [1.807, 2.05) is 0 Å². The number of nitriles is 1. The molecule has 136 valence electrons. The fraction of sp³-hybridized carbons (Fsp3) is 0.158. The first-order valence-electron chi connectivity index (χ1n) is 8.11. The van der Waals surface area contributed by atoms with E-state index in [0.717, 1.165) is 4.90 Å². The zero-order valence-electron chi connectivity index (χ0n) is 14.4. The molecule has 0 atom stereocenters. The van der Waals surface area contributed by atoms with Crippen LogP contribution in [0.15, 0.2) is 36.4 Å². The number of hydrogen-bond acceptors (Lipinski definition) is 5. The molecule has 2 aromatic carbocycles. The van der Waals surface area contributed by atoms with Gasteiger partial charge in [0, 0.05) is 25.7 Å². The van der Waals surface area contributed by atoms with E-state index in [0.29, 0.717) is 5.69 Å². The van der Waals surface area contributed by atoms with Crippen LogP contribution < -0.4 is 10.6 Å². The highest BCUT2D eigenvalue weighted by Crippen LogP contribution is 2.22. The maximum atomic E-state index is 13.5. The highest BCUT2D eigenvalue weighted by atomic mass is 19.1. The van der Waals surface area contributed by atoms with Gasteiger partial charge in [-0.05, 0) is 30.3 Å². The van der Waals surface area contributed by atoms with Crippen molar-refractivity contribution in [1.82, 2.24) is 10.2 Å². The lowest BCUT2D eigenvalue weighted by atomic mass is 10.1. The lowest BCUT2D eigenvalue weighted by molar-refractivity contribution is 0.0693. The molecule has 3 amide bonds. The summed E-state index contributed by atoms with van der Waals surface area (Å²) in [6, 6.07) is 10.4. The zero-order valence-corrected chi connectivity index (χ0v) is 14.4. The van der Waals surface area contributed by atoms with E-state index >= 15 is 0 Å². The molecular formula is C19H15FN4O3. The smallest absolute Gasteiger partial charge is 0.261 e. The molecule has 0 fully saturated rings. The Balaban J connectivity index is 1.60. The molecule has 0 saturated carbocycles. The van der Waals surface area contributed by atoms with Gasteiger partial charge in [-0.15, -0.1) is 0 Å². The van der Waals surface area contributed by atoms with Crippen LogP contribution in [0.2, 0.25) is 0 Å². The van der Waals surface area contributed by atoms with Crippen molar-refractivity contribution in [2.24, 2.45) is 0 Å². The summed E-state index contributed by atoms with van der Waals surface area (Å²) in [5.41, 5.74) is 0.988. The van der Waals surface area contributed by atoms with E-state index < -0.39 is 23.5 Å². The molecule has 3 rings (SSSR count). The molecular weight excluding hydrogens is 351 g/mol. The second-order valence-electron chi connectivity index (χ2n) is 5.89. The van der Waals surface area contributed by atoms with Gasteiger partial charge in [-0.3, -0.25) is 19.3 Å². The number of fused-ring (bicyclic) bond motifs is 1. The van der Waals surface area contributed by atoms with Gasteiger partial charge in [0.15, 0.2) is 0 Å². The van der Waals surface area contributed by atoms with Gasteiger partial charge >= 0.3 is 0 Å². The summed E-state index contributed by atoms with van der Waals surface area (Å²) in [6.07, 6.45) is 0. The Kier molecular flexibility index (Phi) is 4.86. The van der Waals surface area contributed by atoms with E-state index in [-0.39, 0.29) is 35.3 Å². The molecule has 7 nitrogen and oxygen atoms in total. The van der Waals surface area contributed by atoms with E-state index in [4.69, 9.17) is 5.26 Å². The SMILES string of the molecule is CN1C(=O)c2ccc(C(=O)NCCNc3cccc(F)c3C#N)cc2C1=O. The summed E-state index contributed by atoms with van der Waals surface area (Å²) in [5.74, 6) is -1.86. The maximum Gasteiger partial charge on any atom is 0.261 e. The predicted octanol–water partition coefficient (Wildman–Crippen LogP) is 1.77. The van der Waals surface area contributed by atoms with Crippen LogP contribution in [-0.4, -0.2) is 42.8 Å². The molecule has 2 N–H and O–H groups in total. The highest BCUT2D eigenvalue weighted by Gasteiger charge is 2.33. The fourth-order valence-corrected chi connectivity index (χ4v) is 2.76. The number of carbonyl (C=O) groups excluding carboxylic acids is 3. The third kappa shape index (κ3) is 3.35. The van der Waals surface area contributed by atoms with Crippen molar-refractivity contribution in [3.8, 4) is 6.07 Å². The molecule has 27 heavy (non-hydrogen) atoms. The molecule has 1 heterocycles. The second kappa shape index (κ2) is 7.25. The molecule has 1 aliphatic heterocycles. The number of hydrogen-bond donors (Lipinski definition) is 2. The largest absolute Gasteiger partial charge is 0.382 e. The quantitative estimate of drug-likeness (QED) is 0.620. The molecule has 1 aliphatic rings. The van der Waals surface area contributed by atoms with Crippen LogP contribution in [0.1, 0.15) is 36.6 Å². The topological polar surface area (TPSA) is 102 Å². The number of anilines is 1. The standard InChI is InChI=1S/C19H15FN4O3/c1-24-18(26)12-6-5-11(9-13(12)19(24)27)17(25)23-8-7-22-16-4-2-3-15(20)14(16)10-21/h2-6,9,22H,7-8H2,1H3,(H,23,25). The summed E-state index contributed by atoms with van der Waals surface area (Å²) in [4.78, 5) is 37.1. The monoisotopic (exact) mass is 366 g/mol. The van der Waals surface area contributed by atoms with Gasteiger partial charge in [0.2, 0.25) is 0 Å². The Bertz CT molecular complexity index is 997. The van der Waals surface area contributed by atoms with Crippen LogP contribution in [0.5, 0.6) is 0 Å². The van der Waals surface area contributed by atoms with Gasteiger partial charge < -0.3 is 10.6 Å². The predicted molar refractivity (Wildman–Crippen MR) is 94.8 cm³/mol. The van der Waals surface area contributed by atoms with Gasteiger partial charge in [-0.1, -0.05) is 6.07 Å². The Morgan fingerprint density at radius 3 is 2.63 bits per heavy atom. The van der Waals surface area contributed by atoms with Gasteiger partial charge in [0.1, 0.15) is 17.4 Å². The van der Waals surface area contributed by atoms with Gasteiger partial charge in [0.25, 0.3) is 17.7 Å². The minimum absolute atomic E-state index is 0.0882. The Morgan fingerprint density at radius 1 is 1.15 bits per heavy atom. The zero-order chi connectivity index (χ0) is 19.6. The molecule has 0 bridgehead atoms. The highest BCUT2D eigenvalue weighted by molar-refractivity contribution is 6.21. The summed E-state index contributed by atoms with van der Waals surface area (Å²) in [5, 5.41) is 14.5. The average molecular weight is 366 g/mol. The van der Waals surface area contributed by atoms with Gasteiger partial charge in [-0.25, -0.2) is 4.39 Å². The van der Waals surface area contributed by atoms with E-state index in [9.17, 15) is 18.8 Å². The molecule has 0 spiro atoms. The Morgan fingerprint density at radius 2 is 1.89 bits per heavy atom. The number of nitrogens with one attached hydrogen (secondary N) is 2. The van der Waals surface area contributed by atoms with Crippen molar-refractivity contribution in [1.29, 1.82) is 5.26 Å². The van der Waals surface area contributed by atoms with Crippen LogP contribution in [0.25, 0.3) is 0 Å². The number of imide groups is 1. The van der Waals surface area contributed by atoms with Crippen LogP contribution in [0.4, 0.5) is 10.1 Å². The van der Waals surface area contributed by atoms with Crippen molar-refractivity contribution < 1.29 is 18.8 Å². The number of benzene rings is 2. The minimum atomic E-state index is -0.617. The first-order valence-corrected chi connectivity index (χ1v) is 8.11. The summed E-state index contributed by atoms with van der Waals surface area (Å²) in [7, 11) is 1.39. The Labute approximate surface area is 154 Å². The lowest BCUT2D eigenvalue weighted by Gasteiger charge is -2.10. The molecule has 2 aromatic rings. The van der Waals surface area contributed by atoms with E-state index in [1.54, 1.807) is 12.1 Å². The molecule has 0 saturated heterocycles. The normalized spacial score (nSPS) is 12.6. The van der Waals surface area contributed by atoms with Crippen molar-refractivity contribution in [2.45, 2.75) is 0 Å². The van der Waals surface area contributed by atoms with Crippen molar-refractivity contribution in [2.75, 3.05) is 25.5 Å². The van der Waals surface area contributed by atoms with Crippen molar-refractivity contribution in [3.05, 3.63) is 64.5 Å². The number of nitrogens with zero attached hydrogens (tertiary/aromatic N) is 2. The number of halogens is 1. The minimum Gasteiger partial charge on any atom is -0.382 e. The molecule has 0 aliphatic carbocycles. The number of rotatable bonds is 5. The first-order chi connectivity index (χ1) is 12.9. The summed E-state index contributed by atoms with van der Waals surface area (Å²) >= 11 is 0. The Hall–Kier alpha value is -3.73. The van der Waals surface area contributed by atoms with Crippen molar-refractivity contribution >= 4 is 23.4 Å². The van der Waals surface area contributed by atoms with Gasteiger partial charge in [0.05, 0.1) is 16.8 Å². The third-order valence-electron chi connectivity index (χ3n) is 4.20. The molecule has 0 aromatic heterocycles. The molecule has 0 unspecified atom stereocenters. The summed E-state index contributed by atoms with van der Waals surface area (Å²) in [6.45, 7) is 0.485. The van der Waals surface area contributed by atoms with E-state index in [2.05, 4.69) is 10.6 Å². The third-order valence-corrected chi connectivity index (χ3v) is 4.20. The van der Waals surface area contributed by atoms with Crippen molar-refractivity contribution in [3.63, 3.8) is 0 Å². The van der Waals surface area contributed by atoms with Crippen LogP contribution in [-0.2, 0) is 0 Å². The number of carbonyl (C=O) groups is 3. The first kappa shape index (κ1) is 18.1. The summed E-state index contributed by atoms with van der Waals surface area (Å²) < 4.78 is 13.5. The molecule has 8 heteroatoms. The number of amides is 3. The average Bonchev–Trinajstić information content (AvgIpc) is 2.89. The van der Waals surface area contributed by atoms with Gasteiger partial charge in [-0.2, -0.15) is 5.26 Å². The van der Waals surface area contributed by atoms with E-state index in [1.165, 1.54) is 37.4 Å². The fourth-order valence-electron chi connectivity index (χ4n) is 2.76. The maximum absolute atomic E-state index is 13.5.